The fraction of sp³-hybridized carbons (Fsp3) is 0.125. The van der Waals surface area contributed by atoms with Gasteiger partial charge in [-0.3, -0.25) is 0 Å². The summed E-state index contributed by atoms with van der Waals surface area (Å²) in [6, 6.07) is 3.91. The minimum absolute atomic E-state index is 0.107. The van der Waals surface area contributed by atoms with E-state index in [0.717, 1.165) is 6.07 Å². The first-order valence-electron chi connectivity index (χ1n) is 3.54. The second kappa shape index (κ2) is 3.48. The van der Waals surface area contributed by atoms with Crippen LogP contribution in [0, 0.1) is 18.3 Å². The van der Waals surface area contributed by atoms with E-state index in [4.69, 9.17) is 15.9 Å². The lowest BCUT2D eigenvalue weighted by atomic mass is 10.1. The monoisotopic (exact) mass is 231 g/mol. The van der Waals surface area contributed by atoms with Crippen molar-refractivity contribution in [1.82, 2.24) is 0 Å². The van der Waals surface area contributed by atoms with Gasteiger partial charge in [0.1, 0.15) is 11.8 Å². The molecule has 1 N–H and O–H groups in total. The maximum atomic E-state index is 10.9. The Balaban J connectivity index is 3.56. The third kappa shape index (κ3) is 1.97. The van der Waals surface area contributed by atoms with Crippen molar-refractivity contribution in [3.63, 3.8) is 0 Å². The van der Waals surface area contributed by atoms with Crippen LogP contribution >= 0.6 is 10.7 Å². The number of nitriles is 1. The first-order chi connectivity index (χ1) is 6.36. The van der Waals surface area contributed by atoms with Crippen LogP contribution in [0.3, 0.4) is 0 Å². The van der Waals surface area contributed by atoms with E-state index in [0.29, 0.717) is 5.56 Å². The first kappa shape index (κ1) is 10.8. The number of hydrogen-bond acceptors (Lipinski definition) is 4. The van der Waals surface area contributed by atoms with Crippen molar-refractivity contribution < 1.29 is 13.5 Å². The van der Waals surface area contributed by atoms with Crippen LogP contribution in [-0.4, -0.2) is 13.5 Å². The number of nitrogens with zero attached hydrogens (tertiary/aromatic N) is 1. The molecule has 0 amide bonds. The van der Waals surface area contributed by atoms with Gasteiger partial charge in [-0.05, 0) is 24.6 Å². The average molecular weight is 232 g/mol. The van der Waals surface area contributed by atoms with E-state index >= 15 is 0 Å². The van der Waals surface area contributed by atoms with Gasteiger partial charge >= 0.3 is 0 Å². The molecule has 0 aromatic heterocycles. The molecule has 0 saturated heterocycles. The van der Waals surface area contributed by atoms with Crippen LogP contribution in [0.4, 0.5) is 0 Å². The highest BCUT2D eigenvalue weighted by Gasteiger charge is 2.14. The molecular weight excluding hydrogens is 226 g/mol. The summed E-state index contributed by atoms with van der Waals surface area (Å²) in [6.07, 6.45) is 0. The van der Waals surface area contributed by atoms with Gasteiger partial charge in [-0.2, -0.15) is 5.26 Å². The predicted octanol–water partition coefficient (Wildman–Crippen LogP) is 1.50. The molecule has 0 bridgehead atoms. The van der Waals surface area contributed by atoms with Crippen molar-refractivity contribution >= 4 is 19.7 Å². The Morgan fingerprint density at radius 1 is 1.50 bits per heavy atom. The average Bonchev–Trinajstić information content (AvgIpc) is 2.07. The number of rotatable bonds is 1. The van der Waals surface area contributed by atoms with Crippen molar-refractivity contribution in [2.75, 3.05) is 0 Å². The molecule has 0 saturated carbocycles. The lowest BCUT2D eigenvalue weighted by molar-refractivity contribution is 0.468. The Hall–Kier alpha value is -1.25. The first-order valence-corrected chi connectivity index (χ1v) is 5.85. The molecule has 4 nitrogen and oxygen atoms in total. The van der Waals surface area contributed by atoms with E-state index in [1.54, 1.807) is 6.07 Å². The lowest BCUT2D eigenvalue weighted by Gasteiger charge is -2.03. The van der Waals surface area contributed by atoms with Crippen LogP contribution in [0.5, 0.6) is 5.75 Å². The molecule has 1 aromatic carbocycles. The quantitative estimate of drug-likeness (QED) is 0.743. The molecule has 14 heavy (non-hydrogen) atoms. The standard InChI is InChI=1S/C8H6ClNO3S/c1-5-2-7(14(9,12)13)3-6(4-10)8(5)11/h2-3,11H,1H3. The number of phenols is 1. The van der Waals surface area contributed by atoms with Gasteiger partial charge in [0.15, 0.2) is 0 Å². The zero-order valence-corrected chi connectivity index (χ0v) is 8.72. The van der Waals surface area contributed by atoms with Crippen LogP contribution < -0.4 is 0 Å². The van der Waals surface area contributed by atoms with Gasteiger partial charge in [0.2, 0.25) is 0 Å². The second-order valence-electron chi connectivity index (χ2n) is 2.69. The minimum Gasteiger partial charge on any atom is -0.506 e. The van der Waals surface area contributed by atoms with Gasteiger partial charge in [0.25, 0.3) is 9.05 Å². The Labute approximate surface area is 85.8 Å². The molecule has 1 rings (SSSR count). The third-order valence-corrected chi connectivity index (χ3v) is 3.01. The zero-order valence-electron chi connectivity index (χ0n) is 7.15. The van der Waals surface area contributed by atoms with Crippen molar-refractivity contribution in [3.8, 4) is 11.8 Å². The van der Waals surface area contributed by atoms with Crippen LogP contribution in [0.25, 0.3) is 0 Å². The topological polar surface area (TPSA) is 78.2 Å². The Morgan fingerprint density at radius 2 is 2.07 bits per heavy atom. The summed E-state index contributed by atoms with van der Waals surface area (Å²) in [7, 11) is 1.23. The molecule has 0 aliphatic carbocycles. The molecule has 0 aliphatic heterocycles. The van der Waals surface area contributed by atoms with E-state index in [9.17, 15) is 13.5 Å². The van der Waals surface area contributed by atoms with Crippen LogP contribution in [0.15, 0.2) is 17.0 Å². The summed E-state index contributed by atoms with van der Waals surface area (Å²) >= 11 is 0. The molecule has 0 heterocycles. The molecule has 0 radical (unpaired) electrons. The van der Waals surface area contributed by atoms with E-state index in [-0.39, 0.29) is 16.2 Å². The number of phenolic OH excluding ortho intramolecular Hbond substituents is 1. The highest BCUT2D eigenvalue weighted by Crippen LogP contribution is 2.26. The summed E-state index contributed by atoms with van der Waals surface area (Å²) in [5.74, 6) is -0.225. The van der Waals surface area contributed by atoms with Gasteiger partial charge in [0, 0.05) is 10.7 Å². The van der Waals surface area contributed by atoms with Crippen molar-refractivity contribution in [2.45, 2.75) is 11.8 Å². The highest BCUT2D eigenvalue weighted by molar-refractivity contribution is 8.13. The van der Waals surface area contributed by atoms with Gasteiger partial charge in [-0.25, -0.2) is 8.42 Å². The van der Waals surface area contributed by atoms with E-state index < -0.39 is 9.05 Å². The Bertz CT molecular complexity index is 516. The molecule has 0 fully saturated rings. The number of benzene rings is 1. The molecule has 0 aliphatic rings. The lowest BCUT2D eigenvalue weighted by Crippen LogP contribution is -1.93. The fourth-order valence-corrected chi connectivity index (χ4v) is 1.82. The molecule has 0 unspecified atom stereocenters. The maximum Gasteiger partial charge on any atom is 0.261 e. The van der Waals surface area contributed by atoms with Gasteiger partial charge in [-0.15, -0.1) is 0 Å². The number of aryl methyl sites for hydroxylation is 1. The summed E-state index contributed by atoms with van der Waals surface area (Å²) in [4.78, 5) is -0.189. The van der Waals surface area contributed by atoms with Crippen molar-refractivity contribution in [3.05, 3.63) is 23.3 Å². The summed E-state index contributed by atoms with van der Waals surface area (Å²) in [6.45, 7) is 1.49. The molecule has 0 atom stereocenters. The molecule has 1 aromatic rings. The van der Waals surface area contributed by atoms with Crippen molar-refractivity contribution in [2.24, 2.45) is 0 Å². The summed E-state index contributed by atoms with van der Waals surface area (Å²) in [5.41, 5.74) is 0.188. The van der Waals surface area contributed by atoms with E-state index in [1.807, 2.05) is 0 Å². The van der Waals surface area contributed by atoms with Gasteiger partial charge in [-0.1, -0.05) is 0 Å². The van der Waals surface area contributed by atoms with E-state index in [1.165, 1.54) is 13.0 Å². The summed E-state index contributed by atoms with van der Waals surface area (Å²) < 4.78 is 21.9. The smallest absolute Gasteiger partial charge is 0.261 e. The molecule has 6 heteroatoms. The van der Waals surface area contributed by atoms with Gasteiger partial charge < -0.3 is 5.11 Å². The normalized spacial score (nSPS) is 10.9. The Kier molecular flexibility index (Phi) is 2.69. The number of halogens is 1. The highest BCUT2D eigenvalue weighted by atomic mass is 35.7. The van der Waals surface area contributed by atoms with Crippen LogP contribution in [0.1, 0.15) is 11.1 Å². The van der Waals surface area contributed by atoms with Crippen LogP contribution in [0.2, 0.25) is 0 Å². The number of aromatic hydroxyl groups is 1. The van der Waals surface area contributed by atoms with E-state index in [2.05, 4.69) is 0 Å². The largest absolute Gasteiger partial charge is 0.506 e. The SMILES string of the molecule is Cc1cc(S(=O)(=O)Cl)cc(C#N)c1O. The molecule has 74 valence electrons. The predicted molar refractivity (Wildman–Crippen MR) is 50.6 cm³/mol. The van der Waals surface area contributed by atoms with Crippen molar-refractivity contribution in [1.29, 1.82) is 5.26 Å². The fourth-order valence-electron chi connectivity index (χ4n) is 0.972. The second-order valence-corrected chi connectivity index (χ2v) is 5.25. The Morgan fingerprint density at radius 3 is 2.50 bits per heavy atom. The molecular formula is C8H6ClNO3S. The van der Waals surface area contributed by atoms with Gasteiger partial charge in [0.05, 0.1) is 10.5 Å². The maximum absolute atomic E-state index is 10.9. The zero-order chi connectivity index (χ0) is 10.9. The summed E-state index contributed by atoms with van der Waals surface area (Å²) in [5, 5.41) is 17.9. The third-order valence-electron chi connectivity index (χ3n) is 1.68. The number of hydrogen-bond donors (Lipinski definition) is 1. The minimum atomic E-state index is -3.86. The van der Waals surface area contributed by atoms with Crippen LogP contribution in [-0.2, 0) is 9.05 Å². The molecule has 0 spiro atoms.